The number of hydrogen-bond donors (Lipinski definition) is 2. The van der Waals surface area contributed by atoms with Gasteiger partial charge in [0.2, 0.25) is 11.8 Å². The Hall–Kier alpha value is -1.92. The molecule has 25 heavy (non-hydrogen) atoms. The van der Waals surface area contributed by atoms with Crippen molar-refractivity contribution in [2.24, 2.45) is 11.8 Å². The molecule has 2 atom stereocenters. The van der Waals surface area contributed by atoms with Gasteiger partial charge in [-0.3, -0.25) is 9.59 Å². The van der Waals surface area contributed by atoms with Gasteiger partial charge in [-0.05, 0) is 23.6 Å². The van der Waals surface area contributed by atoms with Crippen LogP contribution in [0.4, 0.5) is 5.69 Å². The lowest BCUT2D eigenvalue weighted by molar-refractivity contribution is -0.161. The lowest BCUT2D eigenvalue weighted by Crippen LogP contribution is -2.53. The predicted molar refractivity (Wildman–Crippen MR) is 96.0 cm³/mol. The topological polar surface area (TPSA) is 78.9 Å². The van der Waals surface area contributed by atoms with E-state index in [4.69, 9.17) is 4.74 Å². The number of aliphatic hydroxyl groups excluding tert-OH is 1. The van der Waals surface area contributed by atoms with Crippen LogP contribution in [0.2, 0.25) is 0 Å². The minimum absolute atomic E-state index is 0.0136. The van der Waals surface area contributed by atoms with Gasteiger partial charge in [0, 0.05) is 18.2 Å². The molecule has 1 aromatic carbocycles. The van der Waals surface area contributed by atoms with Gasteiger partial charge in [-0.2, -0.15) is 0 Å². The normalized spacial score (nSPS) is 21.1. The third-order valence-corrected chi connectivity index (χ3v) is 4.24. The zero-order valence-electron chi connectivity index (χ0n) is 15.4. The first-order chi connectivity index (χ1) is 11.8. The number of morpholine rings is 1. The average Bonchev–Trinajstić information content (AvgIpc) is 2.57. The van der Waals surface area contributed by atoms with Crippen LogP contribution in [0.25, 0.3) is 0 Å². The van der Waals surface area contributed by atoms with Gasteiger partial charge in [0.15, 0.2) is 0 Å². The highest BCUT2D eigenvalue weighted by atomic mass is 16.5. The predicted octanol–water partition coefficient (Wildman–Crippen LogP) is 2.20. The maximum Gasteiger partial charge on any atom is 0.249 e. The molecule has 0 spiro atoms. The van der Waals surface area contributed by atoms with E-state index < -0.39 is 6.04 Å². The first-order valence-electron chi connectivity index (χ1n) is 8.76. The Morgan fingerprint density at radius 3 is 2.44 bits per heavy atom. The van der Waals surface area contributed by atoms with Crippen molar-refractivity contribution < 1.29 is 19.4 Å². The zero-order valence-corrected chi connectivity index (χ0v) is 15.4. The number of hydrogen-bond acceptors (Lipinski definition) is 4. The number of anilines is 1. The van der Waals surface area contributed by atoms with Crippen molar-refractivity contribution in [2.75, 3.05) is 25.1 Å². The Labute approximate surface area is 149 Å². The van der Waals surface area contributed by atoms with E-state index in [9.17, 15) is 14.7 Å². The number of aliphatic hydroxyl groups is 1. The molecule has 0 bridgehead atoms. The van der Waals surface area contributed by atoms with E-state index in [1.54, 1.807) is 4.90 Å². The van der Waals surface area contributed by atoms with Gasteiger partial charge in [-0.1, -0.05) is 39.8 Å². The summed E-state index contributed by atoms with van der Waals surface area (Å²) >= 11 is 0. The maximum absolute atomic E-state index is 12.2. The van der Waals surface area contributed by atoms with Gasteiger partial charge >= 0.3 is 0 Å². The Kier molecular flexibility index (Phi) is 6.56. The molecule has 6 heteroatoms. The van der Waals surface area contributed by atoms with Crippen molar-refractivity contribution in [3.05, 3.63) is 29.8 Å². The smallest absolute Gasteiger partial charge is 0.249 e. The third-order valence-electron chi connectivity index (χ3n) is 4.24. The molecule has 1 saturated heterocycles. The van der Waals surface area contributed by atoms with E-state index in [0.717, 1.165) is 5.56 Å². The number of ether oxygens (including phenoxy) is 1. The summed E-state index contributed by atoms with van der Waals surface area (Å²) in [5, 5.41) is 12.7. The van der Waals surface area contributed by atoms with Crippen molar-refractivity contribution in [1.29, 1.82) is 0 Å². The molecule has 1 heterocycles. The quantitative estimate of drug-likeness (QED) is 0.826. The second-order valence-corrected chi connectivity index (χ2v) is 7.19. The number of nitrogens with zero attached hydrogens (tertiary/aromatic N) is 1. The number of rotatable bonds is 6. The molecule has 2 rings (SSSR count). The van der Waals surface area contributed by atoms with Crippen molar-refractivity contribution in [2.45, 2.75) is 39.8 Å². The highest BCUT2D eigenvalue weighted by Crippen LogP contribution is 2.30. The highest BCUT2D eigenvalue weighted by molar-refractivity contribution is 5.92. The molecule has 138 valence electrons. The third kappa shape index (κ3) is 4.80. The fourth-order valence-electron chi connectivity index (χ4n) is 2.89. The number of amides is 2. The average molecular weight is 348 g/mol. The second-order valence-electron chi connectivity index (χ2n) is 7.19. The van der Waals surface area contributed by atoms with Gasteiger partial charge in [-0.15, -0.1) is 0 Å². The Morgan fingerprint density at radius 1 is 1.28 bits per heavy atom. The molecule has 1 aromatic rings. The molecule has 2 N–H and O–H groups in total. The van der Waals surface area contributed by atoms with Crippen LogP contribution in [0.3, 0.4) is 0 Å². The van der Waals surface area contributed by atoms with Crippen LogP contribution in [0.5, 0.6) is 0 Å². The molecule has 0 aliphatic carbocycles. The van der Waals surface area contributed by atoms with Crippen LogP contribution in [0.15, 0.2) is 24.3 Å². The molecule has 0 aromatic heterocycles. The fraction of sp³-hybridized carbons (Fsp3) is 0.579. The minimum atomic E-state index is -0.403. The molecular formula is C19H28N2O4. The maximum atomic E-state index is 12.2. The minimum Gasteiger partial charge on any atom is -0.394 e. The molecule has 2 unspecified atom stereocenters. The molecule has 0 saturated carbocycles. The second kappa shape index (κ2) is 8.45. The van der Waals surface area contributed by atoms with Gasteiger partial charge in [0.05, 0.1) is 12.6 Å². The standard InChI is InChI=1S/C19H28N2O4/c1-12(2)9-21-16(10-22)18(25-11-17(21)23)14-5-7-15(8-6-14)20-19(24)13(3)4/h5-8,12-13,16,18,22H,9-11H2,1-4H3,(H,20,24). The van der Waals surface area contributed by atoms with Crippen LogP contribution < -0.4 is 5.32 Å². The van der Waals surface area contributed by atoms with E-state index in [-0.39, 0.29) is 37.0 Å². The largest absolute Gasteiger partial charge is 0.394 e. The summed E-state index contributed by atoms with van der Waals surface area (Å²) < 4.78 is 5.71. The van der Waals surface area contributed by atoms with Gasteiger partial charge in [0.25, 0.3) is 0 Å². The highest BCUT2D eigenvalue weighted by Gasteiger charge is 2.37. The lowest BCUT2D eigenvalue weighted by Gasteiger charge is -2.41. The van der Waals surface area contributed by atoms with Crippen LogP contribution in [-0.4, -0.2) is 47.6 Å². The molecule has 0 radical (unpaired) electrons. The van der Waals surface area contributed by atoms with Gasteiger partial charge < -0.3 is 20.1 Å². The fourth-order valence-corrected chi connectivity index (χ4v) is 2.89. The van der Waals surface area contributed by atoms with Crippen LogP contribution >= 0.6 is 0 Å². The molecule has 1 aliphatic rings. The summed E-state index contributed by atoms with van der Waals surface area (Å²) in [6.07, 6.45) is -0.378. The summed E-state index contributed by atoms with van der Waals surface area (Å²) in [5.41, 5.74) is 1.59. The monoisotopic (exact) mass is 348 g/mol. The summed E-state index contributed by atoms with van der Waals surface area (Å²) in [7, 11) is 0. The van der Waals surface area contributed by atoms with Crippen molar-refractivity contribution >= 4 is 17.5 Å². The SMILES string of the molecule is CC(C)CN1C(=O)COC(c2ccc(NC(=O)C(C)C)cc2)C1CO. The van der Waals surface area contributed by atoms with E-state index in [0.29, 0.717) is 18.2 Å². The molecule has 1 fully saturated rings. The molecule has 1 aliphatic heterocycles. The number of nitrogens with one attached hydrogen (secondary N) is 1. The summed E-state index contributed by atoms with van der Waals surface area (Å²) in [4.78, 5) is 25.6. The lowest BCUT2D eigenvalue weighted by atomic mass is 9.98. The number of carbonyl (C=O) groups excluding carboxylic acids is 2. The van der Waals surface area contributed by atoms with Crippen LogP contribution in [0, 0.1) is 11.8 Å². The van der Waals surface area contributed by atoms with Crippen molar-refractivity contribution in [3.63, 3.8) is 0 Å². The first-order valence-corrected chi connectivity index (χ1v) is 8.76. The Morgan fingerprint density at radius 2 is 1.92 bits per heavy atom. The van der Waals surface area contributed by atoms with E-state index >= 15 is 0 Å². The summed E-state index contributed by atoms with van der Waals surface area (Å²) in [6, 6.07) is 6.96. The van der Waals surface area contributed by atoms with Crippen molar-refractivity contribution in [1.82, 2.24) is 4.90 Å². The van der Waals surface area contributed by atoms with Crippen LogP contribution in [0.1, 0.15) is 39.4 Å². The van der Waals surface area contributed by atoms with E-state index in [1.807, 2.05) is 52.0 Å². The van der Waals surface area contributed by atoms with Gasteiger partial charge in [0.1, 0.15) is 12.7 Å². The molecule has 6 nitrogen and oxygen atoms in total. The first kappa shape index (κ1) is 19.4. The van der Waals surface area contributed by atoms with Crippen LogP contribution in [-0.2, 0) is 14.3 Å². The van der Waals surface area contributed by atoms with E-state index in [1.165, 1.54) is 0 Å². The zero-order chi connectivity index (χ0) is 18.6. The number of carbonyl (C=O) groups is 2. The Balaban J connectivity index is 2.16. The number of benzene rings is 1. The van der Waals surface area contributed by atoms with E-state index in [2.05, 4.69) is 5.32 Å². The summed E-state index contributed by atoms with van der Waals surface area (Å²) in [5.74, 6) is 0.0922. The van der Waals surface area contributed by atoms with Crippen molar-refractivity contribution in [3.8, 4) is 0 Å². The molecular weight excluding hydrogens is 320 g/mol. The Bertz CT molecular complexity index is 598. The summed E-state index contributed by atoms with van der Waals surface area (Å²) in [6.45, 7) is 8.20. The molecule has 2 amide bonds. The van der Waals surface area contributed by atoms with Gasteiger partial charge in [-0.25, -0.2) is 0 Å².